The van der Waals surface area contributed by atoms with E-state index in [2.05, 4.69) is 0 Å². The van der Waals surface area contributed by atoms with Gasteiger partial charge in [0.25, 0.3) is 5.91 Å². The minimum Gasteiger partial charge on any atom is -0.459 e. The van der Waals surface area contributed by atoms with Crippen LogP contribution in [0, 0.1) is 11.3 Å². The molecule has 0 bridgehead atoms. The fourth-order valence-corrected chi connectivity index (χ4v) is 4.65. The van der Waals surface area contributed by atoms with E-state index in [-0.39, 0.29) is 36.0 Å². The Kier molecular flexibility index (Phi) is 2.80. The number of esters is 1. The van der Waals surface area contributed by atoms with Gasteiger partial charge in [-0.25, -0.2) is 0 Å². The monoisotopic (exact) mass is 335 g/mol. The normalized spacial score (nSPS) is 51.3. The lowest BCUT2D eigenvalue weighted by molar-refractivity contribution is -0.153. The number of nitrogens with two attached hydrogens (primary N) is 1. The summed E-state index contributed by atoms with van der Waals surface area (Å²) in [5.41, 5.74) is 3.37. The number of epoxide rings is 2. The fourth-order valence-electron chi connectivity index (χ4n) is 4.65. The molecule has 2 aliphatic heterocycles. The van der Waals surface area contributed by atoms with Crippen LogP contribution in [0.25, 0.3) is 0 Å². The van der Waals surface area contributed by atoms with Gasteiger partial charge in [0, 0.05) is 18.3 Å². The average molecular weight is 335 g/mol. The number of rotatable bonds is 2. The van der Waals surface area contributed by atoms with Gasteiger partial charge in [0.1, 0.15) is 18.3 Å². The summed E-state index contributed by atoms with van der Waals surface area (Å²) in [6, 6.07) is 0. The third kappa shape index (κ3) is 1.66. The Bertz CT molecular complexity index is 716. The molecule has 1 saturated carbocycles. The summed E-state index contributed by atoms with van der Waals surface area (Å²) in [5.74, 6) is -1.31. The SMILES string of the molecule is CC(=O)OC1C(C)C2(C)CC3(OC3(C)C(N)=O)C(=O)C=C2C2O[C@@H]21. The first-order valence-corrected chi connectivity index (χ1v) is 8.16. The minimum atomic E-state index is -1.28. The zero-order chi connectivity index (χ0) is 17.7. The number of carbonyl (C=O) groups excluding carboxylic acids is 3. The first kappa shape index (κ1) is 15.8. The molecule has 2 heterocycles. The van der Waals surface area contributed by atoms with Crippen LogP contribution in [0.1, 0.15) is 34.1 Å². The van der Waals surface area contributed by atoms with E-state index in [1.165, 1.54) is 6.92 Å². The molecule has 1 spiro atoms. The van der Waals surface area contributed by atoms with Crippen LogP contribution in [-0.2, 0) is 28.6 Å². The van der Waals surface area contributed by atoms with Crippen molar-refractivity contribution in [2.45, 2.75) is 63.6 Å². The Morgan fingerprint density at radius 2 is 2.04 bits per heavy atom. The first-order chi connectivity index (χ1) is 11.1. The number of ether oxygens (including phenoxy) is 3. The smallest absolute Gasteiger partial charge is 0.303 e. The molecule has 0 aromatic heterocycles. The molecule has 0 radical (unpaired) electrons. The molecule has 1 amide bonds. The van der Waals surface area contributed by atoms with Gasteiger partial charge in [-0.2, -0.15) is 0 Å². The topological polar surface area (TPSA) is 112 Å². The molecule has 24 heavy (non-hydrogen) atoms. The van der Waals surface area contributed by atoms with Gasteiger partial charge in [-0.1, -0.05) is 13.8 Å². The van der Waals surface area contributed by atoms with Gasteiger partial charge < -0.3 is 19.9 Å². The average Bonchev–Trinajstić information content (AvgIpc) is 3.36. The van der Waals surface area contributed by atoms with Crippen molar-refractivity contribution in [1.29, 1.82) is 0 Å². The van der Waals surface area contributed by atoms with Crippen LogP contribution in [0.5, 0.6) is 0 Å². The summed E-state index contributed by atoms with van der Waals surface area (Å²) in [6.45, 7) is 6.92. The van der Waals surface area contributed by atoms with Crippen LogP contribution in [0.4, 0.5) is 0 Å². The van der Waals surface area contributed by atoms with Crippen LogP contribution < -0.4 is 5.73 Å². The maximum Gasteiger partial charge on any atom is 0.303 e. The van der Waals surface area contributed by atoms with E-state index >= 15 is 0 Å². The number of ketones is 1. The molecule has 130 valence electrons. The van der Waals surface area contributed by atoms with E-state index in [0.29, 0.717) is 6.42 Å². The van der Waals surface area contributed by atoms with E-state index in [1.54, 1.807) is 13.0 Å². The lowest BCUT2D eigenvalue weighted by Gasteiger charge is -2.47. The van der Waals surface area contributed by atoms with Gasteiger partial charge in [0.15, 0.2) is 17.0 Å². The lowest BCUT2D eigenvalue weighted by Crippen LogP contribution is -2.54. The second kappa shape index (κ2) is 4.26. The third-order valence-corrected chi connectivity index (χ3v) is 6.49. The van der Waals surface area contributed by atoms with Crippen molar-refractivity contribution in [1.82, 2.24) is 0 Å². The van der Waals surface area contributed by atoms with E-state index in [0.717, 1.165) is 5.57 Å². The van der Waals surface area contributed by atoms with Crippen molar-refractivity contribution >= 4 is 17.7 Å². The van der Waals surface area contributed by atoms with Crippen LogP contribution in [0.2, 0.25) is 0 Å². The molecule has 3 fully saturated rings. The number of hydrogen-bond acceptors (Lipinski definition) is 6. The van der Waals surface area contributed by atoms with Gasteiger partial charge in [0.05, 0.1) is 0 Å². The summed E-state index contributed by atoms with van der Waals surface area (Å²) in [4.78, 5) is 35.9. The Hall–Kier alpha value is -1.73. The quantitative estimate of drug-likeness (QED) is 0.572. The molecule has 2 aliphatic carbocycles. The van der Waals surface area contributed by atoms with Crippen LogP contribution in [0.3, 0.4) is 0 Å². The molecular formula is C17H21NO6. The molecule has 2 N–H and O–H groups in total. The Morgan fingerprint density at radius 1 is 1.38 bits per heavy atom. The van der Waals surface area contributed by atoms with Crippen molar-refractivity contribution in [2.75, 3.05) is 0 Å². The molecule has 4 aliphatic rings. The number of amides is 1. The largest absolute Gasteiger partial charge is 0.459 e. The molecule has 6 unspecified atom stereocenters. The molecule has 2 saturated heterocycles. The standard InChI is InChI=1S/C17H21NO6/c1-7-11(22-8(2)19)13-12(23-13)9-5-10(20)17(6-15(7,9)3)16(4,24-17)14(18)21/h5,7,11-13H,6H2,1-4H3,(H2,18,21)/t7?,11?,12?,13-,15?,16?,17?/m1/s1. The highest BCUT2D eigenvalue weighted by atomic mass is 16.6. The van der Waals surface area contributed by atoms with Crippen molar-refractivity contribution in [2.24, 2.45) is 17.1 Å². The Morgan fingerprint density at radius 3 is 2.58 bits per heavy atom. The number of hydrogen-bond donors (Lipinski definition) is 1. The van der Waals surface area contributed by atoms with Gasteiger partial charge in [-0.05, 0) is 25.0 Å². The van der Waals surface area contributed by atoms with Crippen molar-refractivity contribution in [3.8, 4) is 0 Å². The van der Waals surface area contributed by atoms with Crippen molar-refractivity contribution in [3.63, 3.8) is 0 Å². The molecular weight excluding hydrogens is 314 g/mol. The van der Waals surface area contributed by atoms with Gasteiger partial charge in [0.2, 0.25) is 0 Å². The maximum absolute atomic E-state index is 12.7. The van der Waals surface area contributed by atoms with Crippen molar-refractivity contribution < 1.29 is 28.6 Å². The second-order valence-electron chi connectivity index (χ2n) is 7.77. The summed E-state index contributed by atoms with van der Waals surface area (Å²) >= 11 is 0. The highest BCUT2D eigenvalue weighted by molar-refractivity contribution is 6.09. The summed E-state index contributed by atoms with van der Waals surface area (Å²) in [7, 11) is 0. The van der Waals surface area contributed by atoms with Gasteiger partial charge in [-0.3, -0.25) is 14.4 Å². The second-order valence-corrected chi connectivity index (χ2v) is 7.77. The fraction of sp³-hybridized carbons (Fsp3) is 0.706. The summed E-state index contributed by atoms with van der Waals surface area (Å²) in [5, 5.41) is 0. The van der Waals surface area contributed by atoms with E-state index in [9.17, 15) is 14.4 Å². The zero-order valence-corrected chi connectivity index (χ0v) is 14.1. The highest BCUT2D eigenvalue weighted by Crippen LogP contribution is 2.65. The first-order valence-electron chi connectivity index (χ1n) is 8.16. The van der Waals surface area contributed by atoms with Crippen LogP contribution in [0.15, 0.2) is 11.6 Å². The Labute approximate surface area is 139 Å². The number of carbonyl (C=O) groups is 3. The maximum atomic E-state index is 12.7. The molecule has 0 aromatic rings. The van der Waals surface area contributed by atoms with Crippen LogP contribution in [-0.4, -0.2) is 47.2 Å². The molecule has 0 aromatic carbocycles. The Balaban J connectivity index is 1.74. The number of fused-ring (bicyclic) bond motifs is 3. The third-order valence-electron chi connectivity index (χ3n) is 6.49. The molecule has 7 heteroatoms. The van der Waals surface area contributed by atoms with Gasteiger partial charge >= 0.3 is 5.97 Å². The van der Waals surface area contributed by atoms with Gasteiger partial charge in [-0.15, -0.1) is 0 Å². The van der Waals surface area contributed by atoms with E-state index in [1.807, 2.05) is 13.8 Å². The molecule has 4 rings (SSSR count). The number of primary amides is 1. The highest BCUT2D eigenvalue weighted by Gasteiger charge is 2.79. The van der Waals surface area contributed by atoms with Crippen molar-refractivity contribution in [3.05, 3.63) is 11.6 Å². The molecule has 7 nitrogen and oxygen atoms in total. The predicted octanol–water partition coefficient (Wildman–Crippen LogP) is 0.254. The lowest BCUT2D eigenvalue weighted by atomic mass is 9.56. The predicted molar refractivity (Wildman–Crippen MR) is 80.6 cm³/mol. The molecule has 7 atom stereocenters. The zero-order valence-electron chi connectivity index (χ0n) is 14.1. The van der Waals surface area contributed by atoms with E-state index in [4.69, 9.17) is 19.9 Å². The van der Waals surface area contributed by atoms with E-state index < -0.39 is 22.5 Å². The van der Waals surface area contributed by atoms with Crippen LogP contribution >= 0.6 is 0 Å². The minimum absolute atomic E-state index is 0.0808. The summed E-state index contributed by atoms with van der Waals surface area (Å²) < 4.78 is 16.8. The summed E-state index contributed by atoms with van der Waals surface area (Å²) in [6.07, 6.45) is 1.10.